The Kier molecular flexibility index (Phi) is 4.68. The van der Waals surface area contributed by atoms with Crippen LogP contribution in [0.1, 0.15) is 16.3 Å². The van der Waals surface area contributed by atoms with E-state index in [4.69, 9.17) is 20.4 Å². The molecule has 0 radical (unpaired) electrons. The van der Waals surface area contributed by atoms with Crippen molar-refractivity contribution in [3.05, 3.63) is 52.9 Å². The van der Waals surface area contributed by atoms with Gasteiger partial charge in [-0.2, -0.15) is 0 Å². The Hall–Kier alpha value is -2.25. The highest BCUT2D eigenvalue weighted by Gasteiger charge is 2.13. The van der Waals surface area contributed by atoms with E-state index in [2.05, 4.69) is 14.9 Å². The Bertz CT molecular complexity index is 830. The fourth-order valence-corrected chi connectivity index (χ4v) is 2.65. The molecule has 23 heavy (non-hydrogen) atoms. The number of furan rings is 1. The number of carbonyl (C=O) groups excluding carboxylic acids is 1. The molecule has 8 heteroatoms. The van der Waals surface area contributed by atoms with Crippen LogP contribution in [-0.4, -0.2) is 23.3 Å². The van der Waals surface area contributed by atoms with Gasteiger partial charge in [-0.1, -0.05) is 29.4 Å². The van der Waals surface area contributed by atoms with Gasteiger partial charge >= 0.3 is 5.97 Å². The van der Waals surface area contributed by atoms with Gasteiger partial charge in [0.1, 0.15) is 5.76 Å². The molecule has 6 nitrogen and oxygen atoms in total. The summed E-state index contributed by atoms with van der Waals surface area (Å²) in [6, 6.07) is 10.4. The predicted octanol–water partition coefficient (Wildman–Crippen LogP) is 4.06. The molecule has 0 aliphatic carbocycles. The first kappa shape index (κ1) is 15.6. The van der Waals surface area contributed by atoms with Crippen LogP contribution in [0.3, 0.4) is 0 Å². The summed E-state index contributed by atoms with van der Waals surface area (Å²) in [7, 11) is 1.30. The third kappa shape index (κ3) is 3.75. The molecular formula is C15H11ClN2O4S. The summed E-state index contributed by atoms with van der Waals surface area (Å²) >= 11 is 7.24. The fourth-order valence-electron chi connectivity index (χ4n) is 1.80. The molecule has 3 rings (SSSR count). The lowest BCUT2D eigenvalue weighted by molar-refractivity contribution is 0.0563. The average Bonchev–Trinajstić information content (AvgIpc) is 3.21. The van der Waals surface area contributed by atoms with Crippen LogP contribution in [0.25, 0.3) is 11.5 Å². The van der Waals surface area contributed by atoms with Crippen molar-refractivity contribution in [2.45, 2.75) is 11.0 Å². The quantitative estimate of drug-likeness (QED) is 0.507. The van der Waals surface area contributed by atoms with Gasteiger partial charge in [-0.15, -0.1) is 10.2 Å². The highest BCUT2D eigenvalue weighted by molar-refractivity contribution is 7.98. The summed E-state index contributed by atoms with van der Waals surface area (Å²) in [6.45, 7) is 0. The minimum absolute atomic E-state index is 0.160. The van der Waals surface area contributed by atoms with Crippen molar-refractivity contribution in [2.75, 3.05) is 7.11 Å². The number of hydrogen-bond acceptors (Lipinski definition) is 7. The molecule has 0 unspecified atom stereocenters. The van der Waals surface area contributed by atoms with Gasteiger partial charge in [-0.3, -0.25) is 0 Å². The molecular weight excluding hydrogens is 340 g/mol. The Morgan fingerprint density at radius 1 is 1.26 bits per heavy atom. The van der Waals surface area contributed by atoms with Crippen LogP contribution < -0.4 is 0 Å². The van der Waals surface area contributed by atoms with E-state index in [0.717, 1.165) is 5.56 Å². The SMILES string of the molecule is COC(=O)c1ccc(CSc2nnc(-c3cccc(Cl)c3)o2)o1. The summed E-state index contributed by atoms with van der Waals surface area (Å²) in [4.78, 5) is 11.3. The molecule has 0 saturated carbocycles. The van der Waals surface area contributed by atoms with Crippen LogP contribution in [0.15, 0.2) is 50.5 Å². The summed E-state index contributed by atoms with van der Waals surface area (Å²) in [5.41, 5.74) is 0.753. The standard InChI is InChI=1S/C15H11ClN2O4S/c1-20-14(19)12-6-5-11(21-12)8-23-15-18-17-13(22-15)9-3-2-4-10(16)7-9/h2-7H,8H2,1H3. The highest BCUT2D eigenvalue weighted by atomic mass is 35.5. The molecule has 2 heterocycles. The van der Waals surface area contributed by atoms with Crippen LogP contribution in [0.5, 0.6) is 0 Å². The number of halogens is 1. The lowest BCUT2D eigenvalue weighted by Crippen LogP contribution is -1.98. The number of methoxy groups -OCH3 is 1. The maximum atomic E-state index is 11.3. The average molecular weight is 351 g/mol. The fraction of sp³-hybridized carbons (Fsp3) is 0.133. The molecule has 3 aromatic rings. The van der Waals surface area contributed by atoms with Gasteiger partial charge in [0.25, 0.3) is 5.22 Å². The first-order chi connectivity index (χ1) is 11.2. The zero-order chi connectivity index (χ0) is 16.2. The number of ether oxygens (including phenoxy) is 1. The maximum Gasteiger partial charge on any atom is 0.373 e. The van der Waals surface area contributed by atoms with Crippen LogP contribution >= 0.6 is 23.4 Å². The Morgan fingerprint density at radius 3 is 2.91 bits per heavy atom. The van der Waals surface area contributed by atoms with E-state index < -0.39 is 5.97 Å². The van der Waals surface area contributed by atoms with E-state index in [1.165, 1.54) is 18.9 Å². The third-order valence-corrected chi connectivity index (χ3v) is 3.94. The normalized spacial score (nSPS) is 10.7. The maximum absolute atomic E-state index is 11.3. The molecule has 1 aromatic carbocycles. The van der Waals surface area contributed by atoms with E-state index in [-0.39, 0.29) is 5.76 Å². The molecule has 0 saturated heterocycles. The van der Waals surface area contributed by atoms with E-state index in [1.807, 2.05) is 12.1 Å². The number of carbonyl (C=O) groups is 1. The molecule has 0 aliphatic heterocycles. The Labute approximate surface area is 140 Å². The highest BCUT2D eigenvalue weighted by Crippen LogP contribution is 2.27. The van der Waals surface area contributed by atoms with Gasteiger partial charge in [-0.25, -0.2) is 4.79 Å². The van der Waals surface area contributed by atoms with Crippen LogP contribution in [0.4, 0.5) is 0 Å². The van der Waals surface area contributed by atoms with E-state index in [9.17, 15) is 4.79 Å². The predicted molar refractivity (Wildman–Crippen MR) is 84.4 cm³/mol. The number of hydrogen-bond donors (Lipinski definition) is 0. The smallest absolute Gasteiger partial charge is 0.373 e. The third-order valence-electron chi connectivity index (χ3n) is 2.86. The monoisotopic (exact) mass is 350 g/mol. The second-order valence-electron chi connectivity index (χ2n) is 4.43. The van der Waals surface area contributed by atoms with Crippen molar-refractivity contribution in [2.24, 2.45) is 0 Å². The van der Waals surface area contributed by atoms with E-state index in [0.29, 0.717) is 27.6 Å². The number of thioether (sulfide) groups is 1. The number of aromatic nitrogens is 2. The van der Waals surface area contributed by atoms with Crippen LogP contribution in [-0.2, 0) is 10.5 Å². The number of rotatable bonds is 5. The summed E-state index contributed by atoms with van der Waals surface area (Å²) in [6.07, 6.45) is 0. The van der Waals surface area contributed by atoms with Crippen LogP contribution in [0, 0.1) is 0 Å². The number of benzene rings is 1. The van der Waals surface area contributed by atoms with Crippen molar-refractivity contribution >= 4 is 29.3 Å². The zero-order valence-corrected chi connectivity index (χ0v) is 13.6. The van der Waals surface area contributed by atoms with Crippen molar-refractivity contribution in [3.63, 3.8) is 0 Å². The van der Waals surface area contributed by atoms with Crippen LogP contribution in [0.2, 0.25) is 5.02 Å². The Morgan fingerprint density at radius 2 is 2.13 bits per heavy atom. The van der Waals surface area contributed by atoms with Crippen molar-refractivity contribution < 1.29 is 18.4 Å². The topological polar surface area (TPSA) is 78.4 Å². The molecule has 0 aliphatic rings. The van der Waals surface area contributed by atoms with Gasteiger partial charge in [-0.05, 0) is 30.3 Å². The minimum Gasteiger partial charge on any atom is -0.463 e. The molecule has 0 amide bonds. The van der Waals surface area contributed by atoms with Crippen molar-refractivity contribution in [3.8, 4) is 11.5 Å². The molecule has 0 spiro atoms. The first-order valence-electron chi connectivity index (χ1n) is 6.55. The van der Waals surface area contributed by atoms with Crippen molar-refractivity contribution in [1.82, 2.24) is 10.2 Å². The largest absolute Gasteiger partial charge is 0.463 e. The Balaban J connectivity index is 1.65. The summed E-state index contributed by atoms with van der Waals surface area (Å²) in [5, 5.41) is 8.95. The first-order valence-corrected chi connectivity index (χ1v) is 7.91. The second-order valence-corrected chi connectivity index (χ2v) is 5.79. The lowest BCUT2D eigenvalue weighted by Gasteiger charge is -1.95. The molecule has 0 fully saturated rings. The van der Waals surface area contributed by atoms with Gasteiger partial charge in [0.05, 0.1) is 12.9 Å². The molecule has 0 N–H and O–H groups in total. The zero-order valence-electron chi connectivity index (χ0n) is 12.0. The molecule has 118 valence electrons. The van der Waals surface area contributed by atoms with Crippen molar-refractivity contribution in [1.29, 1.82) is 0 Å². The van der Waals surface area contributed by atoms with E-state index >= 15 is 0 Å². The van der Waals surface area contributed by atoms with E-state index in [1.54, 1.807) is 24.3 Å². The summed E-state index contributed by atoms with van der Waals surface area (Å²) in [5.74, 6) is 1.10. The van der Waals surface area contributed by atoms with Gasteiger partial charge < -0.3 is 13.6 Å². The number of esters is 1. The lowest BCUT2D eigenvalue weighted by atomic mass is 10.2. The number of nitrogens with zero attached hydrogens (tertiary/aromatic N) is 2. The molecule has 0 atom stereocenters. The van der Waals surface area contributed by atoms with Gasteiger partial charge in [0.15, 0.2) is 0 Å². The second kappa shape index (κ2) is 6.89. The van der Waals surface area contributed by atoms with Gasteiger partial charge in [0, 0.05) is 10.6 Å². The molecule has 2 aromatic heterocycles. The molecule has 0 bridgehead atoms. The summed E-state index contributed by atoms with van der Waals surface area (Å²) < 4.78 is 15.5. The minimum atomic E-state index is -0.512. The van der Waals surface area contributed by atoms with Gasteiger partial charge in [0.2, 0.25) is 11.7 Å².